The Kier molecular flexibility index (Phi) is 8.70. The largest absolute Gasteiger partial charge is 0.310 e. The fraction of sp³-hybridized carbons (Fsp3) is 0.0169. The Bertz CT molecular complexity index is 3250. The number of benzene rings is 9. The first kappa shape index (κ1) is 37.1. The molecule has 64 heavy (non-hydrogen) atoms. The summed E-state index contributed by atoms with van der Waals surface area (Å²) in [7, 11) is 0. The molecule has 0 unspecified atom stereocenters. The van der Waals surface area contributed by atoms with Crippen LogP contribution in [0, 0.1) is 11.3 Å². The van der Waals surface area contributed by atoms with Crippen LogP contribution >= 0.6 is 0 Å². The molecule has 5 nitrogen and oxygen atoms in total. The minimum Gasteiger partial charge on any atom is -0.310 e. The molecule has 2 aliphatic rings. The lowest BCUT2D eigenvalue weighted by Crippen LogP contribution is -2.36. The first-order valence-corrected chi connectivity index (χ1v) is 21.5. The van der Waals surface area contributed by atoms with Crippen LogP contribution in [0.2, 0.25) is 0 Å². The average molecular weight is 816 g/mol. The van der Waals surface area contributed by atoms with E-state index in [4.69, 9.17) is 15.0 Å². The molecular formula is C59H37N5. The third-order valence-corrected chi connectivity index (χ3v) is 12.8. The molecule has 1 aliphatic carbocycles. The van der Waals surface area contributed by atoms with E-state index in [1.807, 2.05) is 72.8 Å². The average Bonchev–Trinajstić information content (AvgIpc) is 3.66. The molecule has 1 aliphatic heterocycles. The quantitative estimate of drug-likeness (QED) is 0.167. The van der Waals surface area contributed by atoms with E-state index in [1.165, 1.54) is 55.6 Å². The Morgan fingerprint density at radius 2 is 0.766 bits per heavy atom. The van der Waals surface area contributed by atoms with Gasteiger partial charge in [0, 0.05) is 22.4 Å². The standard InChI is InChI=1S/C59H37N5/c60-38-45-35-46(31-32-47(45)58-62-56(41-21-9-3-10-22-41)61-57(63-58)42-23-11-4-12-24-42)64-54-27-15-13-25-52(54)59(53-26-14-16-28-55(53)64)50-33-29-43(39-17-5-1-6-18-39)36-48(50)49-37-44(30-34-51(49)59)40-19-7-2-8-20-40/h1-37H. The van der Waals surface area contributed by atoms with Crippen molar-refractivity contribution < 1.29 is 0 Å². The Hall–Kier alpha value is -8.72. The highest BCUT2D eigenvalue weighted by Gasteiger charge is 2.51. The fourth-order valence-corrected chi connectivity index (χ4v) is 9.95. The summed E-state index contributed by atoms with van der Waals surface area (Å²) < 4.78 is 0. The lowest BCUT2D eigenvalue weighted by atomic mass is 9.64. The molecule has 0 fully saturated rings. The second-order valence-corrected chi connectivity index (χ2v) is 16.3. The maximum absolute atomic E-state index is 10.9. The lowest BCUT2D eigenvalue weighted by molar-refractivity contribution is 0.753. The van der Waals surface area contributed by atoms with Gasteiger partial charge in [0.15, 0.2) is 17.5 Å². The van der Waals surface area contributed by atoms with Crippen LogP contribution in [0.4, 0.5) is 17.1 Å². The molecule has 10 aromatic rings. The molecule has 0 radical (unpaired) electrons. The lowest BCUT2D eigenvalue weighted by Gasteiger charge is -2.45. The van der Waals surface area contributed by atoms with E-state index in [0.29, 0.717) is 28.6 Å². The van der Waals surface area contributed by atoms with Gasteiger partial charge in [0.2, 0.25) is 0 Å². The normalized spacial score (nSPS) is 12.8. The van der Waals surface area contributed by atoms with Gasteiger partial charge in [-0.3, -0.25) is 0 Å². The predicted octanol–water partition coefficient (Wildman–Crippen LogP) is 14.2. The topological polar surface area (TPSA) is 65.7 Å². The van der Waals surface area contributed by atoms with Gasteiger partial charge in [-0.15, -0.1) is 0 Å². The summed E-state index contributed by atoms with van der Waals surface area (Å²) in [6.45, 7) is 0. The monoisotopic (exact) mass is 815 g/mol. The number of nitriles is 1. The summed E-state index contributed by atoms with van der Waals surface area (Å²) >= 11 is 0. The van der Waals surface area contributed by atoms with Crippen LogP contribution in [-0.2, 0) is 5.41 Å². The highest BCUT2D eigenvalue weighted by atomic mass is 15.2. The number of rotatable bonds is 6. The number of para-hydroxylation sites is 2. The molecule has 9 aromatic carbocycles. The first-order valence-electron chi connectivity index (χ1n) is 21.5. The van der Waals surface area contributed by atoms with E-state index in [0.717, 1.165) is 28.2 Å². The molecule has 0 saturated carbocycles. The van der Waals surface area contributed by atoms with Gasteiger partial charge < -0.3 is 4.90 Å². The van der Waals surface area contributed by atoms with Crippen LogP contribution in [0.5, 0.6) is 0 Å². The summed E-state index contributed by atoms with van der Waals surface area (Å²) in [4.78, 5) is 17.2. The predicted molar refractivity (Wildman–Crippen MR) is 257 cm³/mol. The summed E-state index contributed by atoms with van der Waals surface area (Å²) in [5.74, 6) is 1.54. The number of fused-ring (bicyclic) bond motifs is 9. The van der Waals surface area contributed by atoms with Crippen molar-refractivity contribution in [3.05, 3.63) is 252 Å². The molecule has 298 valence electrons. The molecule has 0 N–H and O–H groups in total. The van der Waals surface area contributed by atoms with Crippen LogP contribution in [0.3, 0.4) is 0 Å². The number of nitrogens with zero attached hydrogens (tertiary/aromatic N) is 5. The summed E-state index contributed by atoms with van der Waals surface area (Å²) in [5.41, 5.74) is 17.2. The summed E-state index contributed by atoms with van der Waals surface area (Å²) in [6.07, 6.45) is 0. The zero-order valence-corrected chi connectivity index (χ0v) is 34.6. The highest BCUT2D eigenvalue weighted by Crippen LogP contribution is 2.64. The van der Waals surface area contributed by atoms with Crippen molar-refractivity contribution in [2.75, 3.05) is 4.90 Å². The Morgan fingerprint density at radius 1 is 0.344 bits per heavy atom. The summed E-state index contributed by atoms with van der Waals surface area (Å²) in [5, 5.41) is 10.9. The second-order valence-electron chi connectivity index (χ2n) is 16.3. The van der Waals surface area contributed by atoms with E-state index >= 15 is 0 Å². The van der Waals surface area contributed by atoms with Gasteiger partial charge in [0.25, 0.3) is 0 Å². The van der Waals surface area contributed by atoms with E-state index in [9.17, 15) is 5.26 Å². The third kappa shape index (κ3) is 5.81. The van der Waals surface area contributed by atoms with Crippen LogP contribution < -0.4 is 4.90 Å². The van der Waals surface area contributed by atoms with Crippen molar-refractivity contribution in [3.63, 3.8) is 0 Å². The van der Waals surface area contributed by atoms with Crippen molar-refractivity contribution in [2.45, 2.75) is 5.41 Å². The van der Waals surface area contributed by atoms with Gasteiger partial charge in [0.05, 0.1) is 28.4 Å². The maximum atomic E-state index is 10.9. The first-order chi connectivity index (χ1) is 31.7. The van der Waals surface area contributed by atoms with Crippen molar-refractivity contribution in [1.29, 1.82) is 5.26 Å². The molecule has 12 rings (SSSR count). The molecule has 0 bridgehead atoms. The third-order valence-electron chi connectivity index (χ3n) is 12.8. The van der Waals surface area contributed by atoms with Gasteiger partial charge >= 0.3 is 0 Å². The minimum absolute atomic E-state index is 0.443. The molecular weight excluding hydrogens is 779 g/mol. The zero-order chi connectivity index (χ0) is 42.6. The van der Waals surface area contributed by atoms with Crippen LogP contribution in [0.15, 0.2) is 224 Å². The van der Waals surface area contributed by atoms with E-state index in [2.05, 4.69) is 163 Å². The highest BCUT2D eigenvalue weighted by molar-refractivity contribution is 5.98. The van der Waals surface area contributed by atoms with Crippen LogP contribution in [0.1, 0.15) is 27.8 Å². The zero-order valence-electron chi connectivity index (χ0n) is 34.6. The molecule has 1 aromatic heterocycles. The van der Waals surface area contributed by atoms with Crippen molar-refractivity contribution in [3.8, 4) is 73.6 Å². The van der Waals surface area contributed by atoms with Gasteiger partial charge in [0.1, 0.15) is 0 Å². The minimum atomic E-state index is -0.622. The van der Waals surface area contributed by atoms with Gasteiger partial charge in [-0.2, -0.15) is 5.26 Å². The number of aromatic nitrogens is 3. The smallest absolute Gasteiger partial charge is 0.165 e. The summed E-state index contributed by atoms with van der Waals surface area (Å²) in [6, 6.07) is 81.2. The number of hydrogen-bond donors (Lipinski definition) is 0. The molecule has 2 heterocycles. The van der Waals surface area contributed by atoms with Crippen LogP contribution in [-0.4, -0.2) is 15.0 Å². The van der Waals surface area contributed by atoms with E-state index in [-0.39, 0.29) is 0 Å². The number of anilines is 3. The van der Waals surface area contributed by atoms with Gasteiger partial charge in [-0.1, -0.05) is 182 Å². The molecule has 1 spiro atoms. The van der Waals surface area contributed by atoms with E-state index in [1.54, 1.807) is 0 Å². The fourth-order valence-electron chi connectivity index (χ4n) is 9.95. The van der Waals surface area contributed by atoms with Crippen molar-refractivity contribution in [2.24, 2.45) is 0 Å². The van der Waals surface area contributed by atoms with Crippen molar-refractivity contribution >= 4 is 17.1 Å². The van der Waals surface area contributed by atoms with Gasteiger partial charge in [-0.05, 0) is 98.1 Å². The maximum Gasteiger partial charge on any atom is 0.165 e. The number of hydrogen-bond acceptors (Lipinski definition) is 5. The van der Waals surface area contributed by atoms with E-state index < -0.39 is 5.41 Å². The SMILES string of the molecule is N#Cc1cc(N2c3ccccc3C3(c4ccc(-c5ccccc5)cc4-c4cc(-c5ccccc5)ccc43)c3ccccc32)ccc1-c1nc(-c2ccccc2)nc(-c2ccccc2)n1. The molecule has 0 amide bonds. The Labute approximate surface area is 371 Å². The second kappa shape index (κ2) is 15.0. The van der Waals surface area contributed by atoms with Crippen molar-refractivity contribution in [1.82, 2.24) is 15.0 Å². The molecule has 0 saturated heterocycles. The Morgan fingerprint density at radius 3 is 1.23 bits per heavy atom. The van der Waals surface area contributed by atoms with Crippen LogP contribution in [0.25, 0.3) is 67.5 Å². The van der Waals surface area contributed by atoms with Gasteiger partial charge in [-0.25, -0.2) is 15.0 Å². The molecule has 5 heteroatoms. The molecule has 0 atom stereocenters. The Balaban J connectivity index is 1.05.